The summed E-state index contributed by atoms with van der Waals surface area (Å²) in [6.45, 7) is 0. The third-order valence-electron chi connectivity index (χ3n) is 10.9. The van der Waals surface area contributed by atoms with Crippen molar-refractivity contribution in [2.75, 3.05) is 0 Å². The van der Waals surface area contributed by atoms with Gasteiger partial charge in [0.05, 0.1) is 44.8 Å². The number of benzene rings is 8. The molecule has 262 valence electrons. The van der Waals surface area contributed by atoms with E-state index in [-0.39, 0.29) is 0 Å². The van der Waals surface area contributed by atoms with Crippen molar-refractivity contribution in [2.45, 2.75) is 0 Å². The van der Waals surface area contributed by atoms with Crippen LogP contribution in [0, 0.1) is 0 Å². The van der Waals surface area contributed by atoms with Gasteiger partial charge in [0.2, 0.25) is 0 Å². The van der Waals surface area contributed by atoms with Gasteiger partial charge in [0.25, 0.3) is 0 Å². The maximum atomic E-state index is 5.37. The minimum Gasteiger partial charge on any atom is -0.309 e. The predicted molar refractivity (Wildman–Crippen MR) is 232 cm³/mol. The van der Waals surface area contributed by atoms with E-state index in [0.29, 0.717) is 5.82 Å². The van der Waals surface area contributed by atoms with Crippen molar-refractivity contribution in [1.82, 2.24) is 19.1 Å². The molecule has 11 aromatic rings. The Morgan fingerprint density at radius 3 is 1.05 bits per heavy atom. The molecule has 4 heteroatoms. The first kappa shape index (κ1) is 31.9. The maximum Gasteiger partial charge on any atom is 0.160 e. The Bertz CT molecular complexity index is 2930. The van der Waals surface area contributed by atoms with Gasteiger partial charge in [-0.1, -0.05) is 164 Å². The van der Waals surface area contributed by atoms with Gasteiger partial charge in [0.1, 0.15) is 0 Å². The number of nitrogens with zero attached hydrogens (tertiary/aromatic N) is 4. The van der Waals surface area contributed by atoms with Gasteiger partial charge >= 0.3 is 0 Å². The summed E-state index contributed by atoms with van der Waals surface area (Å²) < 4.78 is 4.90. The molecule has 11 rings (SSSR count). The molecule has 4 nitrogen and oxygen atoms in total. The number of para-hydroxylation sites is 4. The molecular weight excluding hydrogens is 681 g/mol. The van der Waals surface area contributed by atoms with E-state index in [9.17, 15) is 0 Å². The number of rotatable bonds is 6. The molecule has 0 saturated carbocycles. The molecule has 0 fully saturated rings. The Morgan fingerprint density at radius 1 is 0.286 bits per heavy atom. The average molecular weight is 715 g/mol. The lowest BCUT2D eigenvalue weighted by atomic mass is 9.96. The summed E-state index contributed by atoms with van der Waals surface area (Å²) in [5.41, 5.74) is 13.7. The molecule has 0 aliphatic rings. The van der Waals surface area contributed by atoms with Gasteiger partial charge in [0.15, 0.2) is 5.82 Å². The fourth-order valence-electron chi connectivity index (χ4n) is 8.45. The van der Waals surface area contributed by atoms with E-state index in [4.69, 9.17) is 9.97 Å². The standard InChI is InChI=1S/C52H34N4/c1-4-18-35(19-5-1)43-34-44(54-52(53-43)37-22-8-3-9-23-37)38-32-49(55-45-28-14-10-24-39(45)40-25-11-15-29-46(40)55)51(36-20-6-2-7-21-36)50(33-38)56-47-30-16-12-26-41(47)42-27-13-17-31-48(42)56/h1-34H. The molecule has 8 aromatic carbocycles. The molecule has 0 amide bonds. The van der Waals surface area contributed by atoms with Gasteiger partial charge in [-0.2, -0.15) is 0 Å². The van der Waals surface area contributed by atoms with E-state index < -0.39 is 0 Å². The van der Waals surface area contributed by atoms with Crippen LogP contribution in [0.2, 0.25) is 0 Å². The van der Waals surface area contributed by atoms with Crippen molar-refractivity contribution >= 4 is 43.6 Å². The highest BCUT2D eigenvalue weighted by molar-refractivity contribution is 6.12. The Hall–Kier alpha value is -7.56. The van der Waals surface area contributed by atoms with Crippen LogP contribution in [0.4, 0.5) is 0 Å². The summed E-state index contributed by atoms with van der Waals surface area (Å²) in [4.78, 5) is 10.5. The Balaban J connectivity index is 1.33. The molecule has 0 aliphatic carbocycles. The molecule has 0 atom stereocenters. The number of hydrogen-bond donors (Lipinski definition) is 0. The van der Waals surface area contributed by atoms with Crippen molar-refractivity contribution in [3.05, 3.63) is 206 Å². The second-order valence-corrected chi connectivity index (χ2v) is 14.2. The summed E-state index contributed by atoms with van der Waals surface area (Å²) in [7, 11) is 0. The Labute approximate surface area is 324 Å². The van der Waals surface area contributed by atoms with E-state index in [1.165, 1.54) is 21.5 Å². The summed E-state index contributed by atoms with van der Waals surface area (Å²) in [6.07, 6.45) is 0. The van der Waals surface area contributed by atoms with Gasteiger partial charge in [0, 0.05) is 43.8 Å². The van der Waals surface area contributed by atoms with E-state index in [0.717, 1.165) is 72.6 Å². The zero-order valence-corrected chi connectivity index (χ0v) is 30.4. The van der Waals surface area contributed by atoms with Gasteiger partial charge in [-0.05, 0) is 48.0 Å². The third-order valence-corrected chi connectivity index (χ3v) is 10.9. The van der Waals surface area contributed by atoms with Crippen LogP contribution in [0.5, 0.6) is 0 Å². The quantitative estimate of drug-likeness (QED) is 0.172. The SMILES string of the molecule is c1ccc(-c2cc(-c3cc(-n4c5ccccc5c5ccccc54)c(-c4ccccc4)c(-n4c5ccccc5c5ccccc54)c3)nc(-c3ccccc3)n2)cc1. The van der Waals surface area contributed by atoms with Gasteiger partial charge in [-0.25, -0.2) is 9.97 Å². The van der Waals surface area contributed by atoms with Crippen LogP contribution >= 0.6 is 0 Å². The molecule has 3 heterocycles. The lowest BCUT2D eigenvalue weighted by molar-refractivity contribution is 1.13. The average Bonchev–Trinajstić information content (AvgIpc) is 3.80. The number of fused-ring (bicyclic) bond motifs is 6. The molecule has 56 heavy (non-hydrogen) atoms. The molecule has 0 bridgehead atoms. The highest BCUT2D eigenvalue weighted by Crippen LogP contribution is 2.44. The third kappa shape index (κ3) is 5.15. The first-order chi connectivity index (χ1) is 27.8. The van der Waals surface area contributed by atoms with Crippen LogP contribution in [0.1, 0.15) is 0 Å². The highest BCUT2D eigenvalue weighted by atomic mass is 15.0. The zero-order valence-electron chi connectivity index (χ0n) is 30.4. The van der Waals surface area contributed by atoms with Crippen LogP contribution < -0.4 is 0 Å². The van der Waals surface area contributed by atoms with Crippen molar-refractivity contribution in [3.63, 3.8) is 0 Å². The summed E-state index contributed by atoms with van der Waals surface area (Å²) in [5, 5.41) is 4.85. The van der Waals surface area contributed by atoms with Crippen molar-refractivity contribution in [1.29, 1.82) is 0 Å². The van der Waals surface area contributed by atoms with Gasteiger partial charge in [-0.3, -0.25) is 0 Å². The molecule has 0 aliphatic heterocycles. The van der Waals surface area contributed by atoms with Crippen molar-refractivity contribution in [2.24, 2.45) is 0 Å². The smallest absolute Gasteiger partial charge is 0.160 e. The predicted octanol–water partition coefficient (Wildman–Crippen LogP) is 13.3. The fraction of sp³-hybridized carbons (Fsp3) is 0. The highest BCUT2D eigenvalue weighted by Gasteiger charge is 2.24. The summed E-state index contributed by atoms with van der Waals surface area (Å²) in [5.74, 6) is 0.686. The van der Waals surface area contributed by atoms with Crippen molar-refractivity contribution < 1.29 is 0 Å². The molecule has 0 saturated heterocycles. The lowest BCUT2D eigenvalue weighted by Crippen LogP contribution is -2.05. The minimum atomic E-state index is 0.686. The molecular formula is C52H34N4. The summed E-state index contributed by atoms with van der Waals surface area (Å²) >= 11 is 0. The second kappa shape index (κ2) is 13.1. The van der Waals surface area contributed by atoms with E-state index >= 15 is 0 Å². The first-order valence-electron chi connectivity index (χ1n) is 19.0. The normalized spacial score (nSPS) is 11.6. The molecule has 3 aromatic heterocycles. The van der Waals surface area contributed by atoms with Crippen molar-refractivity contribution in [3.8, 4) is 56.4 Å². The Kier molecular flexibility index (Phi) is 7.46. The number of aromatic nitrogens is 4. The van der Waals surface area contributed by atoms with Gasteiger partial charge < -0.3 is 9.13 Å². The molecule has 0 N–H and O–H groups in total. The largest absolute Gasteiger partial charge is 0.309 e. The van der Waals surface area contributed by atoms with Crippen LogP contribution in [0.15, 0.2) is 206 Å². The monoisotopic (exact) mass is 714 g/mol. The fourth-order valence-corrected chi connectivity index (χ4v) is 8.45. The van der Waals surface area contributed by atoms with Crippen LogP contribution in [-0.4, -0.2) is 19.1 Å². The summed E-state index contributed by atoms with van der Waals surface area (Å²) in [6, 6.07) is 73.3. The Morgan fingerprint density at radius 2 is 0.625 bits per heavy atom. The molecule has 0 radical (unpaired) electrons. The van der Waals surface area contributed by atoms with Crippen LogP contribution in [0.3, 0.4) is 0 Å². The van der Waals surface area contributed by atoms with Gasteiger partial charge in [-0.15, -0.1) is 0 Å². The van der Waals surface area contributed by atoms with Crippen LogP contribution in [0.25, 0.3) is 100 Å². The van der Waals surface area contributed by atoms with E-state index in [1.54, 1.807) is 0 Å². The number of hydrogen-bond acceptors (Lipinski definition) is 2. The second-order valence-electron chi connectivity index (χ2n) is 14.2. The maximum absolute atomic E-state index is 5.37. The van der Waals surface area contributed by atoms with E-state index in [2.05, 4.69) is 191 Å². The zero-order chi connectivity index (χ0) is 37.0. The molecule has 0 unspecified atom stereocenters. The topological polar surface area (TPSA) is 35.6 Å². The minimum absolute atomic E-state index is 0.686. The molecule has 0 spiro atoms. The van der Waals surface area contributed by atoms with E-state index in [1.807, 2.05) is 24.3 Å². The van der Waals surface area contributed by atoms with Crippen LogP contribution in [-0.2, 0) is 0 Å². The first-order valence-corrected chi connectivity index (χ1v) is 19.0. The lowest BCUT2D eigenvalue weighted by Gasteiger charge is -2.22.